The Hall–Kier alpha value is -3.41. The molecular formula is C57H95NO10Si2. The molecule has 0 heterocycles. The van der Waals surface area contributed by atoms with Crippen LogP contribution >= 0.6 is 0 Å². The van der Waals surface area contributed by atoms with Gasteiger partial charge in [0.1, 0.15) is 12.2 Å². The van der Waals surface area contributed by atoms with Crippen molar-refractivity contribution >= 4 is 28.7 Å². The van der Waals surface area contributed by atoms with Gasteiger partial charge in [0, 0.05) is 18.4 Å². The summed E-state index contributed by atoms with van der Waals surface area (Å²) in [5, 5.41) is 34.3. The van der Waals surface area contributed by atoms with Crippen molar-refractivity contribution in [3.8, 4) is 0 Å². The van der Waals surface area contributed by atoms with E-state index in [4.69, 9.17) is 23.1 Å². The molecule has 0 aliphatic heterocycles. The summed E-state index contributed by atoms with van der Waals surface area (Å²) in [5.41, 5.74) is 4.69. The predicted octanol–water partition coefficient (Wildman–Crippen LogP) is 12.2. The van der Waals surface area contributed by atoms with Gasteiger partial charge < -0.3 is 43.7 Å². The molecule has 396 valence electrons. The Morgan fingerprint density at radius 1 is 0.543 bits per heavy atom. The second-order valence-corrected chi connectivity index (χ2v) is 33.0. The predicted molar refractivity (Wildman–Crippen MR) is 290 cm³/mol. The number of amides is 1. The molecule has 0 aromatic heterocycles. The summed E-state index contributed by atoms with van der Waals surface area (Å²) < 4.78 is 31.2. The van der Waals surface area contributed by atoms with Gasteiger partial charge >= 0.3 is 12.1 Å². The molecule has 0 aliphatic rings. The molecule has 3 rings (SSSR count). The summed E-state index contributed by atoms with van der Waals surface area (Å²) >= 11 is 0. The lowest BCUT2D eigenvalue weighted by molar-refractivity contribution is -0.149. The van der Waals surface area contributed by atoms with Crippen molar-refractivity contribution in [3.63, 3.8) is 0 Å². The maximum Gasteiger partial charge on any atom is 0.408 e. The number of aliphatic hydroxyl groups is 3. The van der Waals surface area contributed by atoms with Crippen LogP contribution in [0.5, 0.6) is 0 Å². The first-order chi connectivity index (χ1) is 32.7. The van der Waals surface area contributed by atoms with Crippen LogP contribution in [-0.2, 0) is 47.3 Å². The van der Waals surface area contributed by atoms with Gasteiger partial charge in [0.25, 0.3) is 0 Å². The number of rotatable bonds is 27. The molecule has 0 radical (unpaired) electrons. The number of esters is 1. The highest BCUT2D eigenvalue weighted by Crippen LogP contribution is 2.45. The minimum atomic E-state index is -2.36. The van der Waals surface area contributed by atoms with E-state index < -0.39 is 58.7 Å². The second kappa shape index (κ2) is 29.9. The van der Waals surface area contributed by atoms with Gasteiger partial charge in [-0.15, -0.1) is 0 Å². The smallest absolute Gasteiger partial charge is 0.408 e. The number of nitrogens with one attached hydrogen (secondary N) is 1. The van der Waals surface area contributed by atoms with E-state index in [0.717, 1.165) is 11.1 Å². The lowest BCUT2D eigenvalue weighted by Gasteiger charge is -2.47. The molecule has 0 saturated heterocycles. The summed E-state index contributed by atoms with van der Waals surface area (Å²) in [6.45, 7) is 35.8. The van der Waals surface area contributed by atoms with Crippen molar-refractivity contribution in [1.82, 2.24) is 5.32 Å². The molecule has 0 saturated carbocycles. The maximum atomic E-state index is 13.2. The number of benzene rings is 3. The van der Waals surface area contributed by atoms with Crippen LogP contribution in [0, 0.1) is 11.8 Å². The van der Waals surface area contributed by atoms with Crippen molar-refractivity contribution in [2.75, 3.05) is 19.8 Å². The van der Waals surface area contributed by atoms with Crippen LogP contribution in [0.1, 0.15) is 134 Å². The number of aliphatic hydroxyl groups excluding tert-OH is 3. The van der Waals surface area contributed by atoms with E-state index in [1.54, 1.807) is 34.6 Å². The van der Waals surface area contributed by atoms with E-state index >= 15 is 0 Å². The largest absolute Gasteiger partial charge is 0.459 e. The highest BCUT2D eigenvalue weighted by molar-refractivity contribution is 6.78. The van der Waals surface area contributed by atoms with Crippen LogP contribution in [0.2, 0.25) is 33.2 Å². The summed E-state index contributed by atoms with van der Waals surface area (Å²) in [4.78, 5) is 25.9. The molecule has 0 aliphatic carbocycles. The maximum absolute atomic E-state index is 13.2. The summed E-state index contributed by atoms with van der Waals surface area (Å²) in [6.07, 6.45) is -1.61. The van der Waals surface area contributed by atoms with E-state index in [9.17, 15) is 24.9 Å². The third-order valence-electron chi connectivity index (χ3n) is 13.7. The van der Waals surface area contributed by atoms with Crippen LogP contribution in [-0.4, -0.2) is 99.9 Å². The third kappa shape index (κ3) is 19.2. The Labute approximate surface area is 426 Å². The standard InChI is InChI=1S/C36H57NO7Si.C21H38O3Si/c1-25(2)45(26(3)4,27(5)6)44-33(28(7)38)31(21-29-17-13-11-14-18-29)23-41-24-32(37-35(40)43-36(8,9)10)34(39)42-22-30-19-15-12-16-20-30;1-15(2)25(16(3)4,17(5)6)24-21(18(7)23)20(14-22)13-19-11-9-8-10-12-19/h11-20,25-28,31-33,38H,21-24H2,1-10H3,(H,37,40);8-12,15-18,20-23H,13-14H2,1-7H3/t28-,31-,32-,33-;18-,20-,21-/m00/s1. The van der Waals surface area contributed by atoms with Crippen LogP contribution in [0.4, 0.5) is 4.79 Å². The second-order valence-electron chi connectivity index (χ2n) is 22.2. The highest BCUT2D eigenvalue weighted by Gasteiger charge is 2.50. The van der Waals surface area contributed by atoms with Gasteiger partial charge in [0.05, 0.1) is 37.6 Å². The van der Waals surface area contributed by atoms with Gasteiger partial charge in [-0.1, -0.05) is 174 Å². The third-order valence-corrected chi connectivity index (χ3v) is 25.9. The van der Waals surface area contributed by atoms with Gasteiger partial charge in [-0.05, 0) is 97.4 Å². The van der Waals surface area contributed by atoms with Crippen molar-refractivity contribution in [2.45, 2.75) is 206 Å². The fraction of sp³-hybridized carbons (Fsp3) is 0.649. The molecule has 4 N–H and O–H groups in total. The number of hydrogen-bond donors (Lipinski definition) is 4. The van der Waals surface area contributed by atoms with Gasteiger partial charge in [-0.2, -0.15) is 0 Å². The first-order valence-electron chi connectivity index (χ1n) is 25.9. The number of hydrogen-bond acceptors (Lipinski definition) is 10. The quantitative estimate of drug-likeness (QED) is 0.0429. The van der Waals surface area contributed by atoms with Crippen molar-refractivity contribution in [2.24, 2.45) is 11.8 Å². The molecule has 13 heteroatoms. The highest BCUT2D eigenvalue weighted by atomic mass is 28.4. The fourth-order valence-electron chi connectivity index (χ4n) is 10.6. The van der Waals surface area contributed by atoms with Crippen molar-refractivity contribution in [1.29, 1.82) is 0 Å². The Kier molecular flexibility index (Phi) is 26.8. The normalized spacial score (nSPS) is 15.6. The van der Waals surface area contributed by atoms with Gasteiger partial charge in [-0.25, -0.2) is 9.59 Å². The zero-order valence-corrected chi connectivity index (χ0v) is 48.1. The molecule has 0 spiro atoms. The van der Waals surface area contributed by atoms with Crippen LogP contribution in [0.15, 0.2) is 91.0 Å². The number of carbonyl (C=O) groups is 2. The van der Waals surface area contributed by atoms with Crippen molar-refractivity contribution in [3.05, 3.63) is 108 Å². The Bertz CT molecular complexity index is 1840. The van der Waals surface area contributed by atoms with E-state index in [1.807, 2.05) is 66.7 Å². The minimum absolute atomic E-state index is 0.0171. The molecule has 7 atom stereocenters. The summed E-state index contributed by atoms with van der Waals surface area (Å²) in [5.74, 6) is -0.956. The molecule has 11 nitrogen and oxygen atoms in total. The monoisotopic (exact) mass is 1010 g/mol. The molecule has 3 aromatic rings. The molecule has 1 amide bonds. The topological polar surface area (TPSA) is 153 Å². The van der Waals surface area contributed by atoms with Crippen LogP contribution < -0.4 is 5.32 Å². The Morgan fingerprint density at radius 3 is 1.24 bits per heavy atom. The van der Waals surface area contributed by atoms with E-state index in [1.165, 1.54) is 5.56 Å². The Morgan fingerprint density at radius 2 is 0.900 bits per heavy atom. The molecular weight excluding hydrogens is 915 g/mol. The molecule has 70 heavy (non-hydrogen) atoms. The van der Waals surface area contributed by atoms with Crippen molar-refractivity contribution < 1.29 is 48.0 Å². The molecule has 0 fully saturated rings. The number of alkyl carbamates (subject to hydrolysis) is 1. The lowest BCUT2D eigenvalue weighted by atomic mass is 9.92. The average molecular weight is 1010 g/mol. The van der Waals surface area contributed by atoms with Crippen LogP contribution in [0.25, 0.3) is 0 Å². The average Bonchev–Trinajstić information content (AvgIpc) is 3.27. The van der Waals surface area contributed by atoms with Gasteiger partial charge in [-0.3, -0.25) is 0 Å². The number of carbonyl (C=O) groups excluding carboxylic acids is 2. The van der Waals surface area contributed by atoms with E-state index in [2.05, 4.69) is 113 Å². The summed E-state index contributed by atoms with van der Waals surface area (Å²) in [6, 6.07) is 28.5. The lowest BCUT2D eigenvalue weighted by Crippen LogP contribution is -2.54. The first-order valence-corrected chi connectivity index (χ1v) is 30.2. The SMILES string of the molecule is CC(C)[Si](O[C@H]([C@H](CO)Cc1ccccc1)[C@H](C)O)(C(C)C)C(C)C.CC(C)[Si](O[C@H]([C@H](COC[C@H](NC(=O)OC(C)(C)C)C(=O)OCc1ccccc1)Cc1ccccc1)[C@H](C)O)(C(C)C)C(C)C. The Balaban J connectivity index is 0.000000567. The minimum Gasteiger partial charge on any atom is -0.459 e. The zero-order chi connectivity index (χ0) is 53.0. The molecule has 0 unspecified atom stereocenters. The molecule has 0 bridgehead atoms. The van der Waals surface area contributed by atoms with Crippen LogP contribution in [0.3, 0.4) is 0 Å². The summed E-state index contributed by atoms with van der Waals surface area (Å²) in [7, 11) is -4.48. The van der Waals surface area contributed by atoms with Gasteiger partial charge in [0.2, 0.25) is 16.6 Å². The first kappa shape index (κ1) is 62.7. The number of ether oxygens (including phenoxy) is 3. The van der Waals surface area contributed by atoms with Gasteiger partial charge in [0.15, 0.2) is 6.04 Å². The fourth-order valence-corrected chi connectivity index (χ4v) is 22.0. The molecule has 3 aromatic carbocycles. The van der Waals surface area contributed by atoms with E-state index in [0.29, 0.717) is 46.1 Å². The zero-order valence-electron chi connectivity index (χ0n) is 46.1. The van der Waals surface area contributed by atoms with E-state index in [-0.39, 0.29) is 44.4 Å².